The Morgan fingerprint density at radius 1 is 1.10 bits per heavy atom. The van der Waals surface area contributed by atoms with Crippen molar-refractivity contribution in [3.8, 4) is 0 Å². The van der Waals surface area contributed by atoms with Crippen LogP contribution in [-0.2, 0) is 9.53 Å². The summed E-state index contributed by atoms with van der Waals surface area (Å²) in [6.45, 7) is 0. The molecule has 1 amide bonds. The first-order valence-electron chi connectivity index (χ1n) is 7.06. The van der Waals surface area contributed by atoms with Crippen LogP contribution in [0.4, 0.5) is 0 Å². The molecule has 2 fully saturated rings. The average molecular weight is 267 g/mol. The van der Waals surface area contributed by atoms with Gasteiger partial charge in [0.1, 0.15) is 0 Å². The number of nitrogens with zero attached hydrogens (tertiary/aromatic N) is 1. The summed E-state index contributed by atoms with van der Waals surface area (Å²) < 4.78 is 5.61. The third-order valence-corrected chi connectivity index (χ3v) is 5.18. The van der Waals surface area contributed by atoms with E-state index in [2.05, 4.69) is 12.2 Å². The summed E-state index contributed by atoms with van der Waals surface area (Å²) in [6, 6.07) is 7.43. The van der Waals surface area contributed by atoms with Gasteiger partial charge in [0, 0.05) is 11.1 Å². The maximum absolute atomic E-state index is 12.7. The number of amides is 1. The second-order valence-electron chi connectivity index (χ2n) is 6.05. The zero-order valence-corrected chi connectivity index (χ0v) is 10.7. The summed E-state index contributed by atoms with van der Waals surface area (Å²) in [6.07, 6.45) is 4.73. The molecule has 4 nitrogen and oxygen atoms in total. The van der Waals surface area contributed by atoms with Gasteiger partial charge in [-0.15, -0.1) is 0 Å². The van der Waals surface area contributed by atoms with Crippen molar-refractivity contribution in [3.63, 3.8) is 0 Å². The number of ether oxygens (including phenoxy) is 1. The Balaban J connectivity index is 1.67. The van der Waals surface area contributed by atoms with E-state index < -0.39 is 6.23 Å². The lowest BCUT2D eigenvalue weighted by Crippen LogP contribution is -2.53. The maximum Gasteiger partial charge on any atom is 0.313 e. The Kier molecular flexibility index (Phi) is 1.77. The van der Waals surface area contributed by atoms with Crippen molar-refractivity contribution < 1.29 is 14.3 Å². The molecule has 1 saturated heterocycles. The van der Waals surface area contributed by atoms with E-state index in [0.717, 1.165) is 12.0 Å². The van der Waals surface area contributed by atoms with Crippen LogP contribution in [0.3, 0.4) is 0 Å². The Bertz CT molecular complexity index is 680. The van der Waals surface area contributed by atoms with Gasteiger partial charge < -0.3 is 4.74 Å². The number of rotatable bonds is 0. The number of carbonyl (C=O) groups is 2. The first-order valence-corrected chi connectivity index (χ1v) is 7.06. The van der Waals surface area contributed by atoms with E-state index in [1.165, 1.54) is 0 Å². The minimum Gasteiger partial charge on any atom is -0.437 e. The second-order valence-corrected chi connectivity index (χ2v) is 6.05. The lowest BCUT2D eigenvalue weighted by Gasteiger charge is -2.42. The molecule has 2 aliphatic heterocycles. The summed E-state index contributed by atoms with van der Waals surface area (Å²) in [4.78, 5) is 26.8. The topological polar surface area (TPSA) is 46.6 Å². The second kappa shape index (κ2) is 3.32. The van der Waals surface area contributed by atoms with Gasteiger partial charge in [0.2, 0.25) is 6.23 Å². The molecular weight excluding hydrogens is 254 g/mol. The predicted molar refractivity (Wildman–Crippen MR) is 69.5 cm³/mol. The van der Waals surface area contributed by atoms with Crippen molar-refractivity contribution in [2.24, 2.45) is 17.8 Å². The zero-order chi connectivity index (χ0) is 13.4. The van der Waals surface area contributed by atoms with Gasteiger partial charge in [-0.3, -0.25) is 14.5 Å². The number of carbonyl (C=O) groups excluding carboxylic acids is 2. The molecule has 1 aromatic rings. The fraction of sp³-hybridized carbons (Fsp3) is 0.375. The molecule has 2 bridgehead atoms. The summed E-state index contributed by atoms with van der Waals surface area (Å²) in [5.41, 5.74) is 1.51. The minimum atomic E-state index is -0.514. The van der Waals surface area contributed by atoms with E-state index in [1.807, 2.05) is 29.2 Å². The number of esters is 1. The van der Waals surface area contributed by atoms with Crippen molar-refractivity contribution in [1.29, 1.82) is 0 Å². The smallest absolute Gasteiger partial charge is 0.313 e. The van der Waals surface area contributed by atoms with Gasteiger partial charge in [0.05, 0.1) is 12.0 Å². The largest absolute Gasteiger partial charge is 0.437 e. The Morgan fingerprint density at radius 2 is 1.90 bits per heavy atom. The molecule has 5 rings (SSSR count). The highest BCUT2D eigenvalue weighted by Crippen LogP contribution is 2.53. The van der Waals surface area contributed by atoms with Crippen LogP contribution in [0, 0.1) is 17.8 Å². The van der Waals surface area contributed by atoms with Crippen LogP contribution in [-0.4, -0.2) is 22.8 Å². The molecule has 4 heteroatoms. The van der Waals surface area contributed by atoms with E-state index >= 15 is 0 Å². The molecule has 4 aliphatic rings. The van der Waals surface area contributed by atoms with E-state index in [9.17, 15) is 9.59 Å². The molecule has 2 aliphatic carbocycles. The van der Waals surface area contributed by atoms with Crippen LogP contribution >= 0.6 is 0 Å². The standard InChI is InChI=1S/C16H13NO3/c18-14-10-3-1-2-4-11(10)15-17(14)13-9-6-5-8(7-9)12(13)16(19)20-15/h1-6,8-9,12-13,15H,7H2/t8-,9+,12-,13+,15+/m1/s1. The zero-order valence-electron chi connectivity index (χ0n) is 10.7. The molecule has 0 N–H and O–H groups in total. The average Bonchev–Trinajstić information content (AvgIpc) is 3.13. The fourth-order valence-electron chi connectivity index (χ4n) is 4.39. The van der Waals surface area contributed by atoms with E-state index in [-0.39, 0.29) is 29.8 Å². The summed E-state index contributed by atoms with van der Waals surface area (Å²) >= 11 is 0. The van der Waals surface area contributed by atoms with E-state index in [0.29, 0.717) is 11.5 Å². The number of hydrogen-bond donors (Lipinski definition) is 0. The molecule has 2 heterocycles. The SMILES string of the molecule is O=C1O[C@H]2c3ccccc3C(=O)N2[C@@H]2[C@H]1[C@@H]1C=C[C@H]2C1. The molecule has 0 unspecified atom stereocenters. The predicted octanol–water partition coefficient (Wildman–Crippen LogP) is 1.89. The molecule has 0 spiro atoms. The van der Waals surface area contributed by atoms with Crippen LogP contribution < -0.4 is 0 Å². The van der Waals surface area contributed by atoms with Gasteiger partial charge in [-0.2, -0.15) is 0 Å². The van der Waals surface area contributed by atoms with E-state index in [1.54, 1.807) is 0 Å². The van der Waals surface area contributed by atoms with Crippen LogP contribution in [0.15, 0.2) is 36.4 Å². The summed E-state index contributed by atoms with van der Waals surface area (Å²) in [5.74, 6) is 0.250. The van der Waals surface area contributed by atoms with Crippen LogP contribution in [0.5, 0.6) is 0 Å². The normalized spacial score (nSPS) is 39.6. The minimum absolute atomic E-state index is 0.00838. The molecule has 0 radical (unpaired) electrons. The molecule has 100 valence electrons. The van der Waals surface area contributed by atoms with Crippen molar-refractivity contribution in [2.75, 3.05) is 0 Å². The van der Waals surface area contributed by atoms with Crippen molar-refractivity contribution in [3.05, 3.63) is 47.5 Å². The fourth-order valence-corrected chi connectivity index (χ4v) is 4.39. The molecular formula is C16H13NO3. The highest BCUT2D eigenvalue weighted by molar-refractivity contribution is 6.00. The van der Waals surface area contributed by atoms with Gasteiger partial charge in [-0.05, 0) is 24.3 Å². The number of hydrogen-bond acceptors (Lipinski definition) is 3. The third kappa shape index (κ3) is 1.05. The molecule has 0 aromatic heterocycles. The Hall–Kier alpha value is -2.10. The monoisotopic (exact) mass is 267 g/mol. The quantitative estimate of drug-likeness (QED) is 0.532. The lowest BCUT2D eigenvalue weighted by molar-refractivity contribution is -0.181. The van der Waals surface area contributed by atoms with E-state index in [4.69, 9.17) is 4.74 Å². The lowest BCUT2D eigenvalue weighted by atomic mass is 9.86. The molecule has 1 saturated carbocycles. The summed E-state index contributed by atoms with van der Waals surface area (Å²) in [5, 5.41) is 0. The molecule has 5 atom stereocenters. The first kappa shape index (κ1) is 10.7. The number of benzene rings is 1. The van der Waals surface area contributed by atoms with Gasteiger partial charge in [0.15, 0.2) is 0 Å². The highest BCUT2D eigenvalue weighted by Gasteiger charge is 2.60. The van der Waals surface area contributed by atoms with Gasteiger partial charge >= 0.3 is 5.97 Å². The third-order valence-electron chi connectivity index (χ3n) is 5.18. The van der Waals surface area contributed by atoms with Crippen LogP contribution in [0.1, 0.15) is 28.6 Å². The van der Waals surface area contributed by atoms with Crippen molar-refractivity contribution >= 4 is 11.9 Å². The number of allylic oxidation sites excluding steroid dienone is 1. The van der Waals surface area contributed by atoms with Crippen molar-refractivity contribution in [2.45, 2.75) is 18.7 Å². The van der Waals surface area contributed by atoms with Gasteiger partial charge in [-0.25, -0.2) is 0 Å². The van der Waals surface area contributed by atoms with Crippen LogP contribution in [0.25, 0.3) is 0 Å². The Morgan fingerprint density at radius 3 is 2.80 bits per heavy atom. The maximum atomic E-state index is 12.7. The highest BCUT2D eigenvalue weighted by atomic mass is 16.6. The molecule has 1 aromatic carbocycles. The first-order chi connectivity index (χ1) is 9.75. The summed E-state index contributed by atoms with van der Waals surface area (Å²) in [7, 11) is 0. The van der Waals surface area contributed by atoms with Crippen molar-refractivity contribution in [1.82, 2.24) is 4.90 Å². The Labute approximate surface area is 116 Å². The number of fused-ring (bicyclic) bond motifs is 9. The van der Waals surface area contributed by atoms with Crippen LogP contribution in [0.2, 0.25) is 0 Å². The molecule has 20 heavy (non-hydrogen) atoms. The van der Waals surface area contributed by atoms with Gasteiger partial charge in [0.25, 0.3) is 5.91 Å². The van der Waals surface area contributed by atoms with Gasteiger partial charge in [-0.1, -0.05) is 30.4 Å².